The van der Waals surface area contributed by atoms with Crippen LogP contribution in [0.5, 0.6) is 0 Å². The van der Waals surface area contributed by atoms with Gasteiger partial charge in [0.05, 0.1) is 48.9 Å². The number of nitrogens with one attached hydrogen (secondary N) is 1. The summed E-state index contributed by atoms with van der Waals surface area (Å²) in [7, 11) is 0.0851. The standard InChI is InChI=1S/C22H34ClN3O6S/c1-25(2)11-3-10-24-22(28)12-18-6-9-20-21(32-18)15-31-14-17(27)13-26(20)33(29,30)19-7-4-16(23)5-8-19/h4-5,7-8,17-18,20-21,27H,3,6,9-15H2,1-2H3,(H,24,28)/t17-,18-,20+,21-/m0/s1. The third-order valence-corrected chi connectivity index (χ3v) is 8.03. The maximum atomic E-state index is 13.4. The van der Waals surface area contributed by atoms with Crippen molar-refractivity contribution >= 4 is 27.5 Å². The molecule has 33 heavy (non-hydrogen) atoms. The number of carbonyl (C=O) groups is 1. The van der Waals surface area contributed by atoms with E-state index < -0.39 is 28.3 Å². The summed E-state index contributed by atoms with van der Waals surface area (Å²) in [6.07, 6.45) is 0.341. The predicted octanol–water partition coefficient (Wildman–Crippen LogP) is 1.10. The Morgan fingerprint density at radius 3 is 2.67 bits per heavy atom. The van der Waals surface area contributed by atoms with Crippen LogP contribution in [0.1, 0.15) is 25.7 Å². The lowest BCUT2D eigenvalue weighted by atomic mass is 9.96. The summed E-state index contributed by atoms with van der Waals surface area (Å²) in [5.41, 5.74) is 0. The van der Waals surface area contributed by atoms with Gasteiger partial charge in [0.25, 0.3) is 0 Å². The van der Waals surface area contributed by atoms with Gasteiger partial charge in [-0.3, -0.25) is 4.79 Å². The fourth-order valence-electron chi connectivity index (χ4n) is 4.21. The maximum Gasteiger partial charge on any atom is 0.243 e. The molecule has 186 valence electrons. The summed E-state index contributed by atoms with van der Waals surface area (Å²) >= 11 is 5.92. The van der Waals surface area contributed by atoms with Gasteiger partial charge >= 0.3 is 0 Å². The number of β-amino-alcohol motifs (C(OH)–C–C–N with tert-alkyl or cyclic N) is 1. The molecule has 3 rings (SSSR count). The van der Waals surface area contributed by atoms with E-state index in [1.807, 2.05) is 14.1 Å². The zero-order valence-corrected chi connectivity index (χ0v) is 20.7. The number of ether oxygens (including phenoxy) is 2. The molecule has 1 amide bonds. The number of fused-ring (bicyclic) bond motifs is 1. The highest BCUT2D eigenvalue weighted by Crippen LogP contribution is 2.31. The fraction of sp³-hybridized carbons (Fsp3) is 0.682. The summed E-state index contributed by atoms with van der Waals surface area (Å²) < 4.78 is 39.9. The van der Waals surface area contributed by atoms with E-state index in [0.717, 1.165) is 13.0 Å². The van der Waals surface area contributed by atoms with Crippen molar-refractivity contribution in [3.05, 3.63) is 29.3 Å². The van der Waals surface area contributed by atoms with E-state index in [-0.39, 0.29) is 43.1 Å². The SMILES string of the molecule is CN(C)CCCNC(=O)C[C@@H]1CC[C@@H]2[C@H](COC[C@@H](O)CN2S(=O)(=O)c2ccc(Cl)cc2)O1. The number of rotatable bonds is 8. The summed E-state index contributed by atoms with van der Waals surface area (Å²) in [6.45, 7) is 1.56. The molecule has 9 nitrogen and oxygen atoms in total. The summed E-state index contributed by atoms with van der Waals surface area (Å²) in [5, 5.41) is 13.6. The van der Waals surface area contributed by atoms with Crippen LogP contribution in [-0.2, 0) is 24.3 Å². The largest absolute Gasteiger partial charge is 0.389 e. The Morgan fingerprint density at radius 1 is 1.24 bits per heavy atom. The van der Waals surface area contributed by atoms with E-state index in [4.69, 9.17) is 21.1 Å². The van der Waals surface area contributed by atoms with Crippen LogP contribution in [0, 0.1) is 0 Å². The molecule has 1 aromatic rings. The number of sulfonamides is 1. The lowest BCUT2D eigenvalue weighted by Gasteiger charge is -2.43. The van der Waals surface area contributed by atoms with Crippen molar-refractivity contribution in [2.24, 2.45) is 0 Å². The highest BCUT2D eigenvalue weighted by atomic mass is 35.5. The second kappa shape index (κ2) is 11.9. The normalized spacial score (nSPS) is 26.9. The average molecular weight is 504 g/mol. The second-order valence-electron chi connectivity index (χ2n) is 8.87. The van der Waals surface area contributed by atoms with Crippen LogP contribution in [0.15, 0.2) is 29.2 Å². The van der Waals surface area contributed by atoms with Gasteiger partial charge in [0.15, 0.2) is 0 Å². The molecule has 1 aromatic carbocycles. The summed E-state index contributed by atoms with van der Waals surface area (Å²) in [4.78, 5) is 14.5. The molecule has 0 radical (unpaired) electrons. The Bertz CT molecular complexity index is 883. The molecule has 11 heteroatoms. The van der Waals surface area contributed by atoms with E-state index >= 15 is 0 Å². The number of hydrogen-bond donors (Lipinski definition) is 2. The van der Waals surface area contributed by atoms with Crippen molar-refractivity contribution in [2.45, 2.75) is 54.9 Å². The van der Waals surface area contributed by atoms with Gasteiger partial charge in [-0.15, -0.1) is 0 Å². The van der Waals surface area contributed by atoms with Crippen LogP contribution < -0.4 is 5.32 Å². The van der Waals surface area contributed by atoms with Crippen LogP contribution in [-0.4, -0.2) is 99.9 Å². The minimum absolute atomic E-state index is 0.0102. The van der Waals surface area contributed by atoms with E-state index in [0.29, 0.717) is 24.4 Å². The Balaban J connectivity index is 1.67. The third-order valence-electron chi connectivity index (χ3n) is 5.87. The summed E-state index contributed by atoms with van der Waals surface area (Å²) in [6, 6.07) is 5.48. The lowest BCUT2D eigenvalue weighted by Crippen LogP contribution is -2.57. The first kappa shape index (κ1) is 26.3. The smallest absolute Gasteiger partial charge is 0.243 e. The quantitative estimate of drug-likeness (QED) is 0.511. The molecule has 0 bridgehead atoms. The predicted molar refractivity (Wildman–Crippen MR) is 125 cm³/mol. The van der Waals surface area contributed by atoms with Gasteiger partial charge in [-0.25, -0.2) is 8.42 Å². The first-order valence-corrected chi connectivity index (χ1v) is 13.1. The van der Waals surface area contributed by atoms with E-state index in [1.54, 1.807) is 0 Å². The monoisotopic (exact) mass is 503 g/mol. The van der Waals surface area contributed by atoms with Gasteiger partial charge in [-0.2, -0.15) is 4.31 Å². The minimum Gasteiger partial charge on any atom is -0.389 e. The molecule has 0 spiro atoms. The number of hydrogen-bond acceptors (Lipinski definition) is 7. The molecule has 2 aliphatic heterocycles. The van der Waals surface area contributed by atoms with Crippen molar-refractivity contribution in [3.63, 3.8) is 0 Å². The number of aliphatic hydroxyl groups is 1. The number of carbonyl (C=O) groups excluding carboxylic acids is 1. The fourth-order valence-corrected chi connectivity index (χ4v) is 6.06. The Kier molecular flexibility index (Phi) is 9.52. The first-order valence-electron chi connectivity index (χ1n) is 11.3. The Morgan fingerprint density at radius 2 is 1.97 bits per heavy atom. The van der Waals surface area contributed by atoms with Crippen LogP contribution in [0.3, 0.4) is 0 Å². The van der Waals surface area contributed by atoms with E-state index in [2.05, 4.69) is 10.2 Å². The molecule has 0 saturated carbocycles. The van der Waals surface area contributed by atoms with Crippen LogP contribution in [0.4, 0.5) is 0 Å². The molecule has 2 aliphatic rings. The van der Waals surface area contributed by atoms with Crippen molar-refractivity contribution in [1.29, 1.82) is 0 Å². The molecule has 2 heterocycles. The van der Waals surface area contributed by atoms with E-state index in [9.17, 15) is 18.3 Å². The number of nitrogens with zero attached hydrogens (tertiary/aromatic N) is 2. The van der Waals surface area contributed by atoms with Crippen molar-refractivity contribution < 1.29 is 27.8 Å². The third kappa shape index (κ3) is 7.35. The van der Waals surface area contributed by atoms with Gasteiger partial charge in [0.1, 0.15) is 0 Å². The minimum atomic E-state index is -3.89. The molecule has 4 atom stereocenters. The van der Waals surface area contributed by atoms with Gasteiger partial charge in [0.2, 0.25) is 15.9 Å². The number of aliphatic hydroxyl groups excluding tert-OH is 1. The van der Waals surface area contributed by atoms with Crippen molar-refractivity contribution in [1.82, 2.24) is 14.5 Å². The van der Waals surface area contributed by atoms with Crippen molar-refractivity contribution in [2.75, 3.05) is 46.9 Å². The van der Waals surface area contributed by atoms with E-state index in [1.165, 1.54) is 28.6 Å². The second-order valence-corrected chi connectivity index (χ2v) is 11.2. The molecule has 2 saturated heterocycles. The maximum absolute atomic E-state index is 13.4. The highest BCUT2D eigenvalue weighted by molar-refractivity contribution is 7.89. The van der Waals surface area contributed by atoms with Gasteiger partial charge in [-0.1, -0.05) is 11.6 Å². The van der Waals surface area contributed by atoms with Gasteiger partial charge in [0, 0.05) is 18.1 Å². The Labute approximate surface area is 201 Å². The first-order chi connectivity index (χ1) is 15.7. The zero-order chi connectivity index (χ0) is 24.0. The highest BCUT2D eigenvalue weighted by Gasteiger charge is 2.43. The molecule has 2 fully saturated rings. The molecule has 0 aromatic heterocycles. The molecular formula is C22H34ClN3O6S. The molecular weight excluding hydrogens is 470 g/mol. The number of benzene rings is 1. The zero-order valence-electron chi connectivity index (χ0n) is 19.2. The molecule has 0 aliphatic carbocycles. The van der Waals surface area contributed by atoms with Crippen LogP contribution in [0.2, 0.25) is 5.02 Å². The summed E-state index contributed by atoms with van der Waals surface area (Å²) in [5.74, 6) is -0.0787. The molecule has 0 unspecified atom stereocenters. The number of amides is 1. The number of halogens is 1. The van der Waals surface area contributed by atoms with Crippen molar-refractivity contribution in [3.8, 4) is 0 Å². The molecule has 2 N–H and O–H groups in total. The average Bonchev–Trinajstić information content (AvgIpc) is 2.74. The lowest BCUT2D eigenvalue weighted by molar-refractivity contribution is -0.146. The van der Waals surface area contributed by atoms with Gasteiger partial charge < -0.3 is 24.8 Å². The van der Waals surface area contributed by atoms with Gasteiger partial charge in [-0.05, 0) is 64.2 Å². The topological polar surface area (TPSA) is 108 Å². The Hall–Kier alpha value is -1.27. The van der Waals surface area contributed by atoms with Crippen LogP contribution in [0.25, 0.3) is 0 Å². The van der Waals surface area contributed by atoms with Crippen LogP contribution >= 0.6 is 11.6 Å².